The lowest BCUT2D eigenvalue weighted by atomic mass is 9.98. The molecule has 0 radical (unpaired) electrons. The van der Waals surface area contributed by atoms with Crippen molar-refractivity contribution in [3.63, 3.8) is 0 Å². The number of thioether (sulfide) groups is 1. The van der Waals surface area contributed by atoms with Crippen molar-refractivity contribution in [2.24, 2.45) is 0 Å². The summed E-state index contributed by atoms with van der Waals surface area (Å²) in [5.41, 5.74) is 3.33. The molecule has 0 aliphatic carbocycles. The highest BCUT2D eigenvalue weighted by molar-refractivity contribution is 8.00. The van der Waals surface area contributed by atoms with E-state index < -0.39 is 4.93 Å². The van der Waals surface area contributed by atoms with Crippen LogP contribution in [0, 0.1) is 0 Å². The highest BCUT2D eigenvalue weighted by Crippen LogP contribution is 2.48. The molecule has 182 valence electrons. The number of amides is 2. The summed E-state index contributed by atoms with van der Waals surface area (Å²) in [6.07, 6.45) is 1.33. The molecule has 2 saturated heterocycles. The van der Waals surface area contributed by atoms with Crippen LogP contribution in [0.15, 0.2) is 91.0 Å². The van der Waals surface area contributed by atoms with Gasteiger partial charge < -0.3 is 19.6 Å². The molecule has 35 heavy (non-hydrogen) atoms. The Kier molecular flexibility index (Phi) is 7.42. The monoisotopic (exact) mass is 488 g/mol. The van der Waals surface area contributed by atoms with Crippen molar-refractivity contribution >= 4 is 17.8 Å². The Morgan fingerprint density at radius 2 is 1.37 bits per heavy atom. The Morgan fingerprint density at radius 1 is 0.829 bits per heavy atom. The van der Waals surface area contributed by atoms with Gasteiger partial charge in [-0.1, -0.05) is 91.0 Å². The number of fused-ring (bicyclic) bond motifs is 1. The molecule has 2 aliphatic rings. The average molecular weight is 489 g/mol. The lowest BCUT2D eigenvalue weighted by Gasteiger charge is -2.34. The van der Waals surface area contributed by atoms with Gasteiger partial charge in [-0.2, -0.15) is 0 Å². The molecule has 3 unspecified atom stereocenters. The Hall–Kier alpha value is -2.80. The van der Waals surface area contributed by atoms with Crippen molar-refractivity contribution in [3.05, 3.63) is 108 Å². The summed E-state index contributed by atoms with van der Waals surface area (Å²) in [5, 5.41) is 11.8. The first-order chi connectivity index (χ1) is 17.1. The molecular formula is C29H32N2O3S. The second-order valence-electron chi connectivity index (χ2n) is 9.32. The van der Waals surface area contributed by atoms with Crippen molar-refractivity contribution in [1.82, 2.24) is 9.80 Å². The summed E-state index contributed by atoms with van der Waals surface area (Å²) < 4.78 is 5.87. The summed E-state index contributed by atoms with van der Waals surface area (Å²) in [6, 6.07) is 30.0. The molecule has 2 amide bonds. The van der Waals surface area contributed by atoms with Crippen molar-refractivity contribution in [2.75, 3.05) is 12.4 Å². The van der Waals surface area contributed by atoms with Gasteiger partial charge in [0.15, 0.2) is 0 Å². The van der Waals surface area contributed by atoms with Gasteiger partial charge in [0.05, 0.1) is 18.7 Å². The summed E-state index contributed by atoms with van der Waals surface area (Å²) >= 11 is 1.59. The van der Waals surface area contributed by atoms with Crippen LogP contribution in [0.2, 0.25) is 0 Å². The van der Waals surface area contributed by atoms with Crippen LogP contribution in [-0.4, -0.2) is 50.3 Å². The third kappa shape index (κ3) is 5.40. The number of nitrogens with zero attached hydrogens (tertiary/aromatic N) is 2. The van der Waals surface area contributed by atoms with E-state index in [1.165, 1.54) is 0 Å². The lowest BCUT2D eigenvalue weighted by Crippen LogP contribution is -2.48. The van der Waals surface area contributed by atoms with E-state index in [-0.39, 0.29) is 18.1 Å². The first-order valence-electron chi connectivity index (χ1n) is 12.3. The van der Waals surface area contributed by atoms with Crippen LogP contribution >= 0.6 is 11.8 Å². The van der Waals surface area contributed by atoms with Crippen molar-refractivity contribution in [3.8, 4) is 0 Å². The Balaban J connectivity index is 1.28. The van der Waals surface area contributed by atoms with Crippen LogP contribution in [0.3, 0.4) is 0 Å². The Bertz CT molecular complexity index is 1100. The fourth-order valence-electron chi connectivity index (χ4n) is 5.17. The molecule has 0 saturated carbocycles. The first kappa shape index (κ1) is 23.9. The molecule has 3 aromatic carbocycles. The molecule has 0 bridgehead atoms. The number of carbonyl (C=O) groups is 1. The van der Waals surface area contributed by atoms with E-state index in [0.29, 0.717) is 32.7 Å². The second kappa shape index (κ2) is 10.9. The van der Waals surface area contributed by atoms with Gasteiger partial charge in [0.2, 0.25) is 0 Å². The maximum Gasteiger partial charge on any atom is 0.321 e. The zero-order valence-corrected chi connectivity index (χ0v) is 20.6. The molecule has 3 aromatic rings. The molecule has 3 atom stereocenters. The van der Waals surface area contributed by atoms with Crippen LogP contribution in [0.1, 0.15) is 29.5 Å². The SMILES string of the molecule is O=C1N(Cc2ccccc2)C2CSC(O)(CCCOCc3ccccc3)C2N1Cc1ccccc1. The van der Waals surface area contributed by atoms with E-state index in [2.05, 4.69) is 24.3 Å². The van der Waals surface area contributed by atoms with Gasteiger partial charge in [0, 0.05) is 25.4 Å². The highest BCUT2D eigenvalue weighted by Gasteiger charge is 2.59. The normalized spacial score (nSPS) is 23.6. The topological polar surface area (TPSA) is 53.0 Å². The number of hydrogen-bond acceptors (Lipinski definition) is 4. The molecule has 0 spiro atoms. The number of aliphatic hydroxyl groups is 1. The maximum absolute atomic E-state index is 13.7. The van der Waals surface area contributed by atoms with Gasteiger partial charge in [-0.15, -0.1) is 11.8 Å². The minimum atomic E-state index is -0.989. The second-order valence-corrected chi connectivity index (χ2v) is 10.6. The van der Waals surface area contributed by atoms with Gasteiger partial charge in [-0.25, -0.2) is 4.79 Å². The fourth-order valence-corrected chi connectivity index (χ4v) is 6.73. The summed E-state index contributed by atoms with van der Waals surface area (Å²) in [6.45, 7) is 2.21. The predicted molar refractivity (Wildman–Crippen MR) is 140 cm³/mol. The molecule has 2 fully saturated rings. The lowest BCUT2D eigenvalue weighted by molar-refractivity contribution is 0.0319. The maximum atomic E-state index is 13.7. The van der Waals surface area contributed by atoms with Crippen LogP contribution in [0.5, 0.6) is 0 Å². The molecule has 1 N–H and O–H groups in total. The number of benzene rings is 3. The van der Waals surface area contributed by atoms with Crippen LogP contribution < -0.4 is 0 Å². The molecule has 0 aromatic heterocycles. The zero-order chi connectivity index (χ0) is 24.1. The quantitative estimate of drug-likeness (QED) is 0.311. The van der Waals surface area contributed by atoms with Gasteiger partial charge in [-0.05, 0) is 29.5 Å². The van der Waals surface area contributed by atoms with Gasteiger partial charge in [-0.3, -0.25) is 0 Å². The standard InChI is InChI=1S/C29H32N2O3S/c32-28-30(19-23-11-4-1-5-12-23)26-22-35-29(33,17-10-18-34-21-25-15-8-3-9-16-25)27(26)31(28)20-24-13-6-2-7-14-24/h1-9,11-16,26-27,33H,10,17-22H2. The molecule has 5 rings (SSSR count). The van der Waals surface area contributed by atoms with Gasteiger partial charge in [0.25, 0.3) is 0 Å². The molecule has 2 heterocycles. The average Bonchev–Trinajstić information content (AvgIpc) is 3.36. The third-order valence-electron chi connectivity index (χ3n) is 6.88. The first-order valence-corrected chi connectivity index (χ1v) is 13.3. The van der Waals surface area contributed by atoms with Gasteiger partial charge >= 0.3 is 6.03 Å². The fraction of sp³-hybridized carbons (Fsp3) is 0.345. The number of carbonyl (C=O) groups excluding carboxylic acids is 1. The molecule has 6 heteroatoms. The van der Waals surface area contributed by atoms with Crippen LogP contribution in [0.25, 0.3) is 0 Å². The van der Waals surface area contributed by atoms with Gasteiger partial charge in [0.1, 0.15) is 4.93 Å². The van der Waals surface area contributed by atoms with E-state index in [4.69, 9.17) is 4.74 Å². The van der Waals surface area contributed by atoms with Crippen LogP contribution in [0.4, 0.5) is 4.79 Å². The van der Waals surface area contributed by atoms with Crippen molar-refractivity contribution in [1.29, 1.82) is 0 Å². The molecule has 5 nitrogen and oxygen atoms in total. The highest BCUT2D eigenvalue weighted by atomic mass is 32.2. The van der Waals surface area contributed by atoms with E-state index in [0.717, 1.165) is 28.9 Å². The number of rotatable bonds is 10. The van der Waals surface area contributed by atoms with Crippen molar-refractivity contribution in [2.45, 2.75) is 49.6 Å². The van der Waals surface area contributed by atoms with E-state index in [9.17, 15) is 9.90 Å². The summed E-state index contributed by atoms with van der Waals surface area (Å²) in [4.78, 5) is 16.5. The molecular weight excluding hydrogens is 456 g/mol. The minimum Gasteiger partial charge on any atom is -0.377 e. The number of urea groups is 1. The minimum absolute atomic E-state index is 0.00626. The van der Waals surface area contributed by atoms with Crippen LogP contribution in [-0.2, 0) is 24.4 Å². The predicted octanol–water partition coefficient (Wildman–Crippen LogP) is 5.29. The summed E-state index contributed by atoms with van der Waals surface area (Å²) in [5.74, 6) is 0.732. The van der Waals surface area contributed by atoms with E-state index >= 15 is 0 Å². The number of ether oxygens (including phenoxy) is 1. The summed E-state index contributed by atoms with van der Waals surface area (Å²) in [7, 11) is 0. The zero-order valence-electron chi connectivity index (χ0n) is 19.8. The third-order valence-corrected chi connectivity index (χ3v) is 8.34. The number of hydrogen-bond donors (Lipinski definition) is 1. The smallest absolute Gasteiger partial charge is 0.321 e. The Labute approximate surface area is 211 Å². The van der Waals surface area contributed by atoms with E-state index in [1.54, 1.807) is 11.8 Å². The molecule has 2 aliphatic heterocycles. The Morgan fingerprint density at radius 3 is 1.97 bits per heavy atom. The largest absolute Gasteiger partial charge is 0.377 e. The van der Waals surface area contributed by atoms with Crippen molar-refractivity contribution < 1.29 is 14.6 Å². The van der Waals surface area contributed by atoms with E-state index in [1.807, 2.05) is 76.5 Å².